The molecule has 0 fully saturated rings. The van der Waals surface area contributed by atoms with Crippen LogP contribution < -0.4 is 10.8 Å². The van der Waals surface area contributed by atoms with Crippen LogP contribution >= 0.6 is 0 Å². The predicted molar refractivity (Wildman–Crippen MR) is 149 cm³/mol. The summed E-state index contributed by atoms with van der Waals surface area (Å²) in [5.74, 6) is -2.62. The number of carbonyl (C=O) groups excluding carboxylic acids is 3. The molecule has 2 unspecified atom stereocenters. The van der Waals surface area contributed by atoms with Crippen molar-refractivity contribution < 1.29 is 24.7 Å². The summed E-state index contributed by atoms with van der Waals surface area (Å²) in [6.07, 6.45) is 3.12. The second-order valence-corrected chi connectivity index (χ2v) is 11.3. The number of ketones is 1. The molecular formula is C31H42N2O5. The van der Waals surface area contributed by atoms with E-state index in [1.807, 2.05) is 26.0 Å². The van der Waals surface area contributed by atoms with Crippen molar-refractivity contribution >= 4 is 17.6 Å². The van der Waals surface area contributed by atoms with Crippen molar-refractivity contribution in [2.75, 3.05) is 0 Å². The summed E-state index contributed by atoms with van der Waals surface area (Å²) in [5, 5.41) is 22.0. The van der Waals surface area contributed by atoms with E-state index in [4.69, 9.17) is 0 Å². The van der Waals surface area contributed by atoms with Gasteiger partial charge in [-0.05, 0) is 53.9 Å². The molecule has 0 aliphatic rings. The third-order valence-corrected chi connectivity index (χ3v) is 6.72. The first-order valence-electron chi connectivity index (χ1n) is 13.1. The number of nitrogens with one attached hydrogen (secondary N) is 2. The van der Waals surface area contributed by atoms with E-state index in [0.29, 0.717) is 24.8 Å². The molecule has 0 bridgehead atoms. The van der Waals surface area contributed by atoms with Crippen LogP contribution in [0.5, 0.6) is 5.75 Å². The fourth-order valence-electron chi connectivity index (χ4n) is 4.55. The number of amides is 2. The molecule has 206 valence electrons. The Morgan fingerprint density at radius 1 is 0.947 bits per heavy atom. The second-order valence-electron chi connectivity index (χ2n) is 11.3. The van der Waals surface area contributed by atoms with Gasteiger partial charge in [0, 0.05) is 17.9 Å². The average Bonchev–Trinajstić information content (AvgIpc) is 2.87. The van der Waals surface area contributed by atoms with Crippen LogP contribution in [0.2, 0.25) is 0 Å². The Morgan fingerprint density at radius 3 is 2.05 bits per heavy atom. The van der Waals surface area contributed by atoms with Gasteiger partial charge in [-0.2, -0.15) is 0 Å². The molecule has 0 radical (unpaired) electrons. The number of carbonyl (C=O) groups is 3. The Hall–Kier alpha value is -3.45. The number of phenolic OH excluding ortho intramolecular Hbond substituents is 1. The first kappa shape index (κ1) is 30.8. The zero-order valence-electron chi connectivity index (χ0n) is 23.2. The maximum Gasteiger partial charge on any atom is 0.247 e. The first-order valence-corrected chi connectivity index (χ1v) is 13.1. The number of hydrogen-bond acceptors (Lipinski definition) is 5. The van der Waals surface area contributed by atoms with Crippen molar-refractivity contribution in [1.29, 1.82) is 0 Å². The Labute approximate surface area is 226 Å². The number of phenols is 1. The van der Waals surface area contributed by atoms with Gasteiger partial charge in [-0.3, -0.25) is 19.6 Å². The SMILES string of the molecule is C=CCCC(C(=O)NO)C(CC(C)C)C(=O)N[C@@H](Cc1ccc(O)cc1)C(=O)c1ccc(C(C)(C)C)cc1. The molecule has 2 aromatic carbocycles. The van der Waals surface area contributed by atoms with E-state index < -0.39 is 29.7 Å². The van der Waals surface area contributed by atoms with Crippen LogP contribution in [0.4, 0.5) is 0 Å². The summed E-state index contributed by atoms with van der Waals surface area (Å²) in [4.78, 5) is 39.9. The van der Waals surface area contributed by atoms with Gasteiger partial charge in [0.25, 0.3) is 0 Å². The van der Waals surface area contributed by atoms with Crippen LogP contribution in [-0.4, -0.2) is 34.0 Å². The Kier molecular flexibility index (Phi) is 11.3. The molecule has 0 heterocycles. The number of allylic oxidation sites excluding steroid dienone is 1. The number of benzene rings is 2. The smallest absolute Gasteiger partial charge is 0.247 e. The highest BCUT2D eigenvalue weighted by molar-refractivity contribution is 6.02. The summed E-state index contributed by atoms with van der Waals surface area (Å²) in [5.41, 5.74) is 3.96. The van der Waals surface area contributed by atoms with E-state index in [-0.39, 0.29) is 29.3 Å². The van der Waals surface area contributed by atoms with Gasteiger partial charge < -0.3 is 10.4 Å². The Morgan fingerprint density at radius 2 is 1.55 bits per heavy atom. The van der Waals surface area contributed by atoms with Crippen molar-refractivity contribution in [2.24, 2.45) is 17.8 Å². The Balaban J connectivity index is 2.42. The molecule has 3 atom stereocenters. The van der Waals surface area contributed by atoms with Gasteiger partial charge in [0.05, 0.1) is 12.0 Å². The summed E-state index contributed by atoms with van der Waals surface area (Å²) in [6, 6.07) is 13.0. The lowest BCUT2D eigenvalue weighted by Crippen LogP contribution is -2.48. The van der Waals surface area contributed by atoms with E-state index in [9.17, 15) is 24.7 Å². The number of hydrogen-bond donors (Lipinski definition) is 4. The number of rotatable bonds is 13. The maximum atomic E-state index is 13.7. The average molecular weight is 523 g/mol. The normalized spacial score (nSPS) is 13.9. The lowest BCUT2D eigenvalue weighted by atomic mass is 9.81. The van der Waals surface area contributed by atoms with Gasteiger partial charge in [0.15, 0.2) is 5.78 Å². The van der Waals surface area contributed by atoms with Crippen LogP contribution in [-0.2, 0) is 21.4 Å². The quantitative estimate of drug-likeness (QED) is 0.122. The van der Waals surface area contributed by atoms with Gasteiger partial charge >= 0.3 is 0 Å². The summed E-state index contributed by atoms with van der Waals surface area (Å²) >= 11 is 0. The van der Waals surface area contributed by atoms with E-state index in [2.05, 4.69) is 32.7 Å². The van der Waals surface area contributed by atoms with Crippen molar-refractivity contribution in [3.05, 3.63) is 77.9 Å². The molecule has 0 saturated carbocycles. The van der Waals surface area contributed by atoms with E-state index in [1.165, 1.54) is 12.1 Å². The minimum absolute atomic E-state index is 0.0704. The largest absolute Gasteiger partial charge is 0.508 e. The molecular weight excluding hydrogens is 480 g/mol. The summed E-state index contributed by atoms with van der Waals surface area (Å²) in [7, 11) is 0. The molecule has 0 aliphatic carbocycles. The van der Waals surface area contributed by atoms with Crippen molar-refractivity contribution in [2.45, 2.75) is 71.8 Å². The number of Topliss-reactive ketones (excluding diaryl/α,β-unsaturated/α-hetero) is 1. The molecule has 2 aromatic rings. The highest BCUT2D eigenvalue weighted by Gasteiger charge is 2.35. The fraction of sp³-hybridized carbons (Fsp3) is 0.452. The van der Waals surface area contributed by atoms with E-state index in [1.54, 1.807) is 35.8 Å². The molecule has 7 nitrogen and oxygen atoms in total. The highest BCUT2D eigenvalue weighted by atomic mass is 16.5. The monoisotopic (exact) mass is 522 g/mol. The zero-order valence-corrected chi connectivity index (χ0v) is 23.2. The van der Waals surface area contributed by atoms with Crippen molar-refractivity contribution in [1.82, 2.24) is 10.8 Å². The molecule has 0 spiro atoms. The third kappa shape index (κ3) is 8.84. The van der Waals surface area contributed by atoms with Crippen molar-refractivity contribution in [3.63, 3.8) is 0 Å². The molecule has 7 heteroatoms. The first-order chi connectivity index (χ1) is 17.9. The minimum Gasteiger partial charge on any atom is -0.508 e. The van der Waals surface area contributed by atoms with Gasteiger partial charge in [0.2, 0.25) is 11.8 Å². The molecule has 2 amide bonds. The lowest BCUT2D eigenvalue weighted by molar-refractivity contribution is -0.141. The van der Waals surface area contributed by atoms with Gasteiger partial charge in [-0.15, -0.1) is 6.58 Å². The molecule has 0 aliphatic heterocycles. The van der Waals surface area contributed by atoms with E-state index in [0.717, 1.165) is 11.1 Å². The summed E-state index contributed by atoms with van der Waals surface area (Å²) < 4.78 is 0. The second kappa shape index (κ2) is 13.9. The molecule has 0 saturated heterocycles. The van der Waals surface area contributed by atoms with Crippen molar-refractivity contribution in [3.8, 4) is 5.75 Å². The van der Waals surface area contributed by atoms with Gasteiger partial charge in [-0.1, -0.05) is 77.1 Å². The van der Waals surface area contributed by atoms with Crippen LogP contribution in [0.1, 0.15) is 75.4 Å². The van der Waals surface area contributed by atoms with Gasteiger partial charge in [0.1, 0.15) is 5.75 Å². The van der Waals surface area contributed by atoms with Crippen LogP contribution in [0.25, 0.3) is 0 Å². The Bertz CT molecular complexity index is 1080. The standard InChI is InChI=1S/C31H42N2O5/c1-7-8-9-25(30(37)33-38)26(18-20(2)3)29(36)32-27(19-21-10-16-24(34)17-11-21)28(35)22-12-14-23(15-13-22)31(4,5)6/h7,10-17,20,25-27,34,38H,1,8-9,18-19H2,2-6H3,(H,32,36)(H,33,37)/t25?,26?,27-/m0/s1. The molecule has 0 aromatic heterocycles. The summed E-state index contributed by atoms with van der Waals surface area (Å²) in [6.45, 7) is 13.9. The maximum absolute atomic E-state index is 13.7. The zero-order chi connectivity index (χ0) is 28.5. The van der Waals surface area contributed by atoms with E-state index >= 15 is 0 Å². The topological polar surface area (TPSA) is 116 Å². The van der Waals surface area contributed by atoms with Crippen LogP contribution in [0.15, 0.2) is 61.2 Å². The van der Waals surface area contributed by atoms with Crippen LogP contribution in [0, 0.1) is 17.8 Å². The van der Waals surface area contributed by atoms with Gasteiger partial charge in [-0.25, -0.2) is 5.48 Å². The third-order valence-electron chi connectivity index (χ3n) is 6.72. The lowest BCUT2D eigenvalue weighted by Gasteiger charge is -2.28. The molecule has 4 N–H and O–H groups in total. The molecule has 38 heavy (non-hydrogen) atoms. The highest BCUT2D eigenvalue weighted by Crippen LogP contribution is 2.27. The number of aromatic hydroxyl groups is 1. The minimum atomic E-state index is -0.889. The fourth-order valence-corrected chi connectivity index (χ4v) is 4.55. The molecule has 2 rings (SSSR count). The number of hydroxylamine groups is 1. The predicted octanol–water partition coefficient (Wildman–Crippen LogP) is 5.35. The van der Waals surface area contributed by atoms with Crippen LogP contribution in [0.3, 0.4) is 0 Å².